The quantitative estimate of drug-likeness (QED) is 0.496. The molecule has 3 atom stereocenters. The molecule has 5 nitrogen and oxygen atoms in total. The second-order valence-corrected chi connectivity index (χ2v) is 10.7. The summed E-state index contributed by atoms with van der Waals surface area (Å²) < 4.78 is 6.38. The van der Waals surface area contributed by atoms with Gasteiger partial charge in [-0.1, -0.05) is 47.5 Å². The molecule has 1 aliphatic heterocycles. The first-order valence-corrected chi connectivity index (χ1v) is 12.9. The number of likely N-dealkylation sites (N-methyl/N-ethyl adjacent to an activating group) is 1. The standard InChI is InChI=1S/C28H34Cl2N2O3/c1-4-13-32-14-12-27(21-6-5-7-23(33)17-21)18-22(10-11-28(27,19-32)35-3)31(2)26(34)16-20-8-9-24(29)25(30)15-20/h4-9,15,17,22,33H,1,10-14,16,18-19H2,2-3H3. The van der Waals surface area contributed by atoms with Crippen LogP contribution in [0.3, 0.4) is 0 Å². The summed E-state index contributed by atoms with van der Waals surface area (Å²) >= 11 is 12.2. The zero-order valence-corrected chi connectivity index (χ0v) is 22.0. The van der Waals surface area contributed by atoms with Crippen molar-refractivity contribution in [2.75, 3.05) is 33.8 Å². The maximum absolute atomic E-state index is 13.3. The molecule has 1 saturated heterocycles. The zero-order chi connectivity index (χ0) is 25.2. The van der Waals surface area contributed by atoms with E-state index in [2.05, 4.69) is 17.5 Å². The lowest BCUT2D eigenvalue weighted by molar-refractivity contribution is -0.159. The number of carbonyl (C=O) groups is 1. The molecule has 2 aromatic rings. The highest BCUT2D eigenvalue weighted by molar-refractivity contribution is 6.42. The van der Waals surface area contributed by atoms with Crippen molar-refractivity contribution in [2.45, 2.75) is 49.2 Å². The molecule has 2 fully saturated rings. The largest absolute Gasteiger partial charge is 0.508 e. The van der Waals surface area contributed by atoms with E-state index in [9.17, 15) is 9.90 Å². The van der Waals surface area contributed by atoms with Crippen LogP contribution in [-0.4, -0.2) is 66.2 Å². The van der Waals surface area contributed by atoms with Crippen LogP contribution in [0.5, 0.6) is 5.75 Å². The van der Waals surface area contributed by atoms with Gasteiger partial charge in [-0.25, -0.2) is 0 Å². The number of phenols is 1. The van der Waals surface area contributed by atoms with Gasteiger partial charge < -0.3 is 14.7 Å². The monoisotopic (exact) mass is 516 g/mol. The number of methoxy groups -OCH3 is 1. The van der Waals surface area contributed by atoms with Crippen molar-refractivity contribution >= 4 is 29.1 Å². The van der Waals surface area contributed by atoms with Crippen LogP contribution < -0.4 is 0 Å². The number of piperidine rings is 1. The van der Waals surface area contributed by atoms with E-state index in [1.165, 1.54) is 0 Å². The molecule has 1 N–H and O–H groups in total. The molecular weight excluding hydrogens is 483 g/mol. The molecule has 1 amide bonds. The van der Waals surface area contributed by atoms with Crippen LogP contribution in [-0.2, 0) is 21.4 Å². The van der Waals surface area contributed by atoms with Crippen LogP contribution in [0.4, 0.5) is 0 Å². The van der Waals surface area contributed by atoms with Crippen LogP contribution in [0.15, 0.2) is 55.1 Å². The molecule has 4 rings (SSSR count). The number of hydrogen-bond acceptors (Lipinski definition) is 4. The Balaban J connectivity index is 1.63. The van der Waals surface area contributed by atoms with Gasteiger partial charge >= 0.3 is 0 Å². The minimum absolute atomic E-state index is 0.0495. The number of phenolic OH excluding ortho intramolecular Hbond substituents is 1. The Hall–Kier alpha value is -2.05. The minimum atomic E-state index is -0.411. The second kappa shape index (κ2) is 10.5. The smallest absolute Gasteiger partial charge is 0.226 e. The number of carbonyl (C=O) groups excluding carboxylic acids is 1. The number of fused-ring (bicyclic) bond motifs is 1. The van der Waals surface area contributed by atoms with Gasteiger partial charge in [0, 0.05) is 38.7 Å². The van der Waals surface area contributed by atoms with Crippen molar-refractivity contribution < 1.29 is 14.6 Å². The maximum atomic E-state index is 13.3. The predicted octanol–water partition coefficient (Wildman–Crippen LogP) is 5.47. The van der Waals surface area contributed by atoms with Gasteiger partial charge in [-0.05, 0) is 67.6 Å². The summed E-state index contributed by atoms with van der Waals surface area (Å²) in [5.74, 6) is 0.301. The normalized spacial score (nSPS) is 26.7. The number of halogens is 2. The van der Waals surface area contributed by atoms with Crippen LogP contribution in [0, 0.1) is 0 Å². The fourth-order valence-electron chi connectivity index (χ4n) is 6.19. The first-order valence-electron chi connectivity index (χ1n) is 12.1. The molecule has 3 unspecified atom stereocenters. The average Bonchev–Trinajstić information content (AvgIpc) is 2.85. The summed E-state index contributed by atoms with van der Waals surface area (Å²) in [6.07, 6.45) is 5.53. The summed E-state index contributed by atoms with van der Waals surface area (Å²) in [5.41, 5.74) is 1.19. The van der Waals surface area contributed by atoms with Gasteiger partial charge in [-0.2, -0.15) is 0 Å². The van der Waals surface area contributed by atoms with Gasteiger partial charge in [0.1, 0.15) is 5.75 Å². The Labute approximate surface area is 218 Å². The van der Waals surface area contributed by atoms with E-state index in [0.717, 1.165) is 56.4 Å². The highest BCUT2D eigenvalue weighted by atomic mass is 35.5. The third-order valence-electron chi connectivity index (χ3n) is 8.13. The lowest BCUT2D eigenvalue weighted by Gasteiger charge is -2.60. The Bertz CT molecular complexity index is 1090. The summed E-state index contributed by atoms with van der Waals surface area (Å²) in [5, 5.41) is 11.3. The lowest BCUT2D eigenvalue weighted by atomic mass is 9.55. The van der Waals surface area contributed by atoms with Crippen LogP contribution in [0.1, 0.15) is 36.8 Å². The van der Waals surface area contributed by atoms with E-state index in [1.807, 2.05) is 36.2 Å². The van der Waals surface area contributed by atoms with E-state index in [1.54, 1.807) is 25.3 Å². The zero-order valence-electron chi connectivity index (χ0n) is 20.5. The van der Waals surface area contributed by atoms with Gasteiger partial charge in [0.15, 0.2) is 0 Å². The van der Waals surface area contributed by atoms with Gasteiger partial charge in [0.2, 0.25) is 5.91 Å². The first-order chi connectivity index (χ1) is 16.7. The highest BCUT2D eigenvalue weighted by Crippen LogP contribution is 2.54. The van der Waals surface area contributed by atoms with Crippen molar-refractivity contribution in [1.29, 1.82) is 0 Å². The number of aromatic hydroxyl groups is 1. The van der Waals surface area contributed by atoms with Crippen molar-refractivity contribution in [3.05, 3.63) is 76.3 Å². The summed E-state index contributed by atoms with van der Waals surface area (Å²) in [7, 11) is 3.70. The third kappa shape index (κ3) is 4.97. The Morgan fingerprint density at radius 1 is 1.26 bits per heavy atom. The number of benzene rings is 2. The number of ether oxygens (including phenoxy) is 1. The molecule has 35 heavy (non-hydrogen) atoms. The van der Waals surface area contributed by atoms with E-state index >= 15 is 0 Å². The Morgan fingerprint density at radius 3 is 2.74 bits per heavy atom. The SMILES string of the molecule is C=CCN1CCC2(c3cccc(O)c3)CC(N(C)C(=O)Cc3ccc(Cl)c(Cl)c3)CCC2(OC)C1. The van der Waals surface area contributed by atoms with E-state index < -0.39 is 5.60 Å². The molecule has 1 aliphatic carbocycles. The summed E-state index contributed by atoms with van der Waals surface area (Å²) in [4.78, 5) is 17.6. The van der Waals surface area contributed by atoms with E-state index in [4.69, 9.17) is 27.9 Å². The lowest BCUT2D eigenvalue weighted by Crippen LogP contribution is -2.68. The molecule has 2 aromatic carbocycles. The average molecular weight is 517 g/mol. The van der Waals surface area contributed by atoms with Crippen molar-refractivity contribution in [3.8, 4) is 5.75 Å². The number of hydrogen-bond donors (Lipinski definition) is 1. The van der Waals surface area contributed by atoms with Gasteiger partial charge in [-0.3, -0.25) is 9.69 Å². The third-order valence-corrected chi connectivity index (χ3v) is 8.87. The molecule has 0 bridgehead atoms. The number of rotatable bonds is 7. The van der Waals surface area contributed by atoms with Crippen molar-refractivity contribution in [2.24, 2.45) is 0 Å². The molecule has 7 heteroatoms. The molecule has 0 radical (unpaired) electrons. The van der Waals surface area contributed by atoms with Gasteiger partial charge in [0.25, 0.3) is 0 Å². The molecule has 188 valence electrons. The fourth-order valence-corrected chi connectivity index (χ4v) is 6.51. The van der Waals surface area contributed by atoms with E-state index in [0.29, 0.717) is 10.0 Å². The Kier molecular flexibility index (Phi) is 7.82. The maximum Gasteiger partial charge on any atom is 0.226 e. The van der Waals surface area contributed by atoms with E-state index in [-0.39, 0.29) is 29.5 Å². The van der Waals surface area contributed by atoms with Crippen molar-refractivity contribution in [1.82, 2.24) is 9.80 Å². The minimum Gasteiger partial charge on any atom is -0.508 e. The molecule has 2 aliphatic rings. The number of nitrogens with zero attached hydrogens (tertiary/aromatic N) is 2. The predicted molar refractivity (Wildman–Crippen MR) is 141 cm³/mol. The van der Waals surface area contributed by atoms with Crippen LogP contribution >= 0.6 is 23.2 Å². The fraction of sp³-hybridized carbons (Fsp3) is 0.464. The second-order valence-electron chi connectivity index (χ2n) is 9.93. The molecule has 0 spiro atoms. The summed E-state index contributed by atoms with van der Waals surface area (Å²) in [6, 6.07) is 13.0. The number of likely N-dealkylation sites (tertiary alicyclic amines) is 1. The highest BCUT2D eigenvalue weighted by Gasteiger charge is 2.59. The first kappa shape index (κ1) is 26.0. The van der Waals surface area contributed by atoms with Crippen LogP contribution in [0.25, 0.3) is 0 Å². The Morgan fingerprint density at radius 2 is 2.06 bits per heavy atom. The van der Waals surface area contributed by atoms with Gasteiger partial charge in [-0.15, -0.1) is 6.58 Å². The molecule has 1 heterocycles. The molecule has 1 saturated carbocycles. The van der Waals surface area contributed by atoms with Crippen molar-refractivity contribution in [3.63, 3.8) is 0 Å². The molecule has 0 aromatic heterocycles. The number of amides is 1. The topological polar surface area (TPSA) is 53.0 Å². The van der Waals surface area contributed by atoms with Crippen LogP contribution in [0.2, 0.25) is 10.0 Å². The van der Waals surface area contributed by atoms with Gasteiger partial charge in [0.05, 0.1) is 22.1 Å². The molecular formula is C28H34Cl2N2O3. The summed E-state index contributed by atoms with van der Waals surface area (Å²) in [6.45, 7) is 6.42.